The molecule has 166 valence electrons. The number of nitrogens with one attached hydrogen (secondary N) is 1. The van der Waals surface area contributed by atoms with Crippen LogP contribution in [0.4, 0.5) is 13.2 Å². The van der Waals surface area contributed by atoms with E-state index in [1.165, 1.54) is 16.9 Å². The van der Waals surface area contributed by atoms with Crippen molar-refractivity contribution in [2.24, 2.45) is 0 Å². The lowest BCUT2D eigenvalue weighted by Crippen LogP contribution is -2.55. The van der Waals surface area contributed by atoms with Gasteiger partial charge in [-0.05, 0) is 25.1 Å². The molecule has 0 fully saturated rings. The summed E-state index contributed by atoms with van der Waals surface area (Å²) in [7, 11) is -4.39. The second kappa shape index (κ2) is 7.37. The first kappa shape index (κ1) is 22.3. The van der Waals surface area contributed by atoms with Gasteiger partial charge in [-0.1, -0.05) is 0 Å². The molecular formula is C17H16F3N5O5S. The number of aryl methyl sites for hydroxylation is 1. The number of sulfonamides is 1. The van der Waals surface area contributed by atoms with E-state index in [0.29, 0.717) is 12.3 Å². The number of aromatic nitrogens is 4. The van der Waals surface area contributed by atoms with Crippen LogP contribution in [-0.2, 0) is 27.5 Å². The lowest BCUT2D eigenvalue weighted by atomic mass is 10.0. The van der Waals surface area contributed by atoms with Gasteiger partial charge in [-0.3, -0.25) is 14.3 Å². The Morgan fingerprint density at radius 2 is 1.90 bits per heavy atom. The minimum absolute atomic E-state index is 0.0359. The summed E-state index contributed by atoms with van der Waals surface area (Å²) in [6.07, 6.45) is -2.95. The smallest absolute Gasteiger partial charge is 0.305 e. The van der Waals surface area contributed by atoms with Gasteiger partial charge in [-0.2, -0.15) is 18.3 Å². The van der Waals surface area contributed by atoms with Gasteiger partial charge in [0.05, 0.1) is 28.4 Å². The van der Waals surface area contributed by atoms with Crippen LogP contribution < -0.4 is 15.7 Å². The third-order valence-electron chi connectivity index (χ3n) is 4.38. The molecule has 3 rings (SSSR count). The van der Waals surface area contributed by atoms with Crippen molar-refractivity contribution < 1.29 is 26.4 Å². The Morgan fingerprint density at radius 3 is 2.42 bits per heavy atom. The van der Waals surface area contributed by atoms with E-state index in [1.807, 2.05) is 4.98 Å². The fourth-order valence-electron chi connectivity index (χ4n) is 3.20. The molecule has 14 heteroatoms. The topological polar surface area (TPSA) is 127 Å². The SMILES string of the molecule is CCn1nccc1-c1cc2c(=O)n(N(C(C)=O)S(C)(=O)=O)c(=O)[nH]c2cc1C(F)(F)F. The van der Waals surface area contributed by atoms with Gasteiger partial charge < -0.3 is 4.98 Å². The van der Waals surface area contributed by atoms with Crippen LogP contribution in [0.2, 0.25) is 0 Å². The highest BCUT2D eigenvalue weighted by Gasteiger charge is 2.36. The van der Waals surface area contributed by atoms with Gasteiger partial charge in [0.1, 0.15) is 0 Å². The first-order chi connectivity index (χ1) is 14.3. The normalized spacial score (nSPS) is 12.3. The van der Waals surface area contributed by atoms with Crippen LogP contribution >= 0.6 is 0 Å². The van der Waals surface area contributed by atoms with Crippen molar-refractivity contribution in [2.45, 2.75) is 26.6 Å². The van der Waals surface area contributed by atoms with Crippen molar-refractivity contribution in [1.82, 2.24) is 19.4 Å². The summed E-state index contributed by atoms with van der Waals surface area (Å²) in [6, 6.07) is 2.79. The molecule has 0 atom stereocenters. The first-order valence-electron chi connectivity index (χ1n) is 8.71. The van der Waals surface area contributed by atoms with Crippen molar-refractivity contribution in [2.75, 3.05) is 10.7 Å². The number of aromatic amines is 1. The average molecular weight is 459 g/mol. The zero-order valence-corrected chi connectivity index (χ0v) is 17.2. The van der Waals surface area contributed by atoms with Gasteiger partial charge in [0.2, 0.25) is 0 Å². The number of alkyl halides is 3. The predicted molar refractivity (Wildman–Crippen MR) is 104 cm³/mol. The number of benzene rings is 1. The number of carbonyl (C=O) groups is 1. The van der Waals surface area contributed by atoms with Crippen LogP contribution in [0.3, 0.4) is 0 Å². The highest BCUT2D eigenvalue weighted by Crippen LogP contribution is 2.38. The number of fused-ring (bicyclic) bond motifs is 1. The van der Waals surface area contributed by atoms with Crippen LogP contribution in [0.5, 0.6) is 0 Å². The molecule has 0 saturated carbocycles. The summed E-state index contributed by atoms with van der Waals surface area (Å²) in [5.41, 5.74) is -4.62. The van der Waals surface area contributed by atoms with E-state index >= 15 is 0 Å². The molecule has 0 bridgehead atoms. The minimum Gasteiger partial charge on any atom is -0.305 e. The molecule has 1 N–H and O–H groups in total. The number of hydrogen-bond acceptors (Lipinski definition) is 6. The zero-order valence-electron chi connectivity index (χ0n) is 16.4. The van der Waals surface area contributed by atoms with Gasteiger partial charge in [-0.25, -0.2) is 13.2 Å². The Hall–Kier alpha value is -3.42. The minimum atomic E-state index is -4.84. The van der Waals surface area contributed by atoms with Crippen molar-refractivity contribution in [3.05, 3.63) is 50.8 Å². The average Bonchev–Trinajstić information content (AvgIpc) is 3.10. The largest absolute Gasteiger partial charge is 0.417 e. The van der Waals surface area contributed by atoms with E-state index in [9.17, 15) is 36.0 Å². The van der Waals surface area contributed by atoms with E-state index in [0.717, 1.165) is 13.0 Å². The maximum Gasteiger partial charge on any atom is 0.417 e. The monoisotopic (exact) mass is 459 g/mol. The lowest BCUT2D eigenvalue weighted by molar-refractivity contribution is -0.137. The van der Waals surface area contributed by atoms with Crippen LogP contribution in [0.15, 0.2) is 34.0 Å². The third kappa shape index (κ3) is 3.85. The highest BCUT2D eigenvalue weighted by molar-refractivity contribution is 7.92. The van der Waals surface area contributed by atoms with E-state index in [-0.39, 0.29) is 21.3 Å². The maximum atomic E-state index is 13.7. The van der Waals surface area contributed by atoms with E-state index in [4.69, 9.17) is 0 Å². The lowest BCUT2D eigenvalue weighted by Gasteiger charge is -2.20. The van der Waals surface area contributed by atoms with Gasteiger partial charge in [0, 0.05) is 25.2 Å². The third-order valence-corrected chi connectivity index (χ3v) is 5.43. The molecule has 3 aromatic rings. The van der Waals surface area contributed by atoms with Gasteiger partial charge >= 0.3 is 11.9 Å². The molecule has 31 heavy (non-hydrogen) atoms. The quantitative estimate of drug-likeness (QED) is 0.621. The number of H-pyrrole nitrogens is 1. The zero-order chi connectivity index (χ0) is 23.3. The molecule has 0 radical (unpaired) electrons. The number of halogens is 3. The van der Waals surface area contributed by atoms with Crippen molar-refractivity contribution >= 4 is 26.8 Å². The number of carbonyl (C=O) groups excluding carboxylic acids is 1. The summed E-state index contributed by atoms with van der Waals surface area (Å²) in [4.78, 5) is 39.2. The molecule has 10 nitrogen and oxygen atoms in total. The molecular weight excluding hydrogens is 443 g/mol. The summed E-state index contributed by atoms with van der Waals surface area (Å²) < 4.78 is 66.4. The first-order valence-corrected chi connectivity index (χ1v) is 10.6. The fraction of sp³-hybridized carbons (Fsp3) is 0.294. The molecule has 0 unspecified atom stereocenters. The molecule has 2 heterocycles. The number of hydrogen-bond donors (Lipinski definition) is 1. The fourth-order valence-corrected chi connectivity index (χ4v) is 4.11. The summed E-state index contributed by atoms with van der Waals surface area (Å²) >= 11 is 0. The van der Waals surface area contributed by atoms with Crippen LogP contribution in [-0.4, -0.2) is 40.0 Å². The number of amides is 1. The number of rotatable bonds is 4. The standard InChI is InChI=1S/C17H16F3N5O5S/c1-4-23-14(5-6-21-23)10-7-11-13(8-12(10)17(18,19)20)22-16(28)24(15(11)27)25(9(2)26)31(3,29)30/h5-8H,4H2,1-3H3,(H,22,28). The summed E-state index contributed by atoms with van der Waals surface area (Å²) in [6.45, 7) is 2.71. The Morgan fingerprint density at radius 1 is 1.26 bits per heavy atom. The van der Waals surface area contributed by atoms with E-state index in [2.05, 4.69) is 5.10 Å². The Balaban J connectivity index is 2.48. The molecule has 0 saturated heterocycles. The Bertz CT molecular complexity index is 1420. The van der Waals surface area contributed by atoms with Crippen molar-refractivity contribution in [3.8, 4) is 11.3 Å². The molecule has 1 amide bonds. The van der Waals surface area contributed by atoms with Crippen LogP contribution in [0.25, 0.3) is 22.2 Å². The summed E-state index contributed by atoms with van der Waals surface area (Å²) in [5.74, 6) is -1.16. The van der Waals surface area contributed by atoms with Gasteiger partial charge in [-0.15, -0.1) is 9.09 Å². The molecule has 0 aliphatic heterocycles. The van der Waals surface area contributed by atoms with Crippen LogP contribution in [0, 0.1) is 0 Å². The van der Waals surface area contributed by atoms with Crippen molar-refractivity contribution in [3.63, 3.8) is 0 Å². The summed E-state index contributed by atoms with van der Waals surface area (Å²) in [5, 5.41) is 3.50. The molecule has 1 aromatic carbocycles. The predicted octanol–water partition coefficient (Wildman–Crippen LogP) is 1.04. The molecule has 0 aliphatic rings. The molecule has 0 aliphatic carbocycles. The Kier molecular flexibility index (Phi) is 5.29. The van der Waals surface area contributed by atoms with Gasteiger partial charge in [0.15, 0.2) is 0 Å². The molecule has 0 spiro atoms. The van der Waals surface area contributed by atoms with Crippen molar-refractivity contribution in [1.29, 1.82) is 0 Å². The van der Waals surface area contributed by atoms with E-state index < -0.39 is 55.4 Å². The van der Waals surface area contributed by atoms with Crippen LogP contribution in [0.1, 0.15) is 19.4 Å². The number of nitrogens with zero attached hydrogens (tertiary/aromatic N) is 4. The second-order valence-electron chi connectivity index (χ2n) is 6.55. The van der Waals surface area contributed by atoms with Gasteiger partial charge in [0.25, 0.3) is 21.5 Å². The molecule has 2 aromatic heterocycles. The maximum absolute atomic E-state index is 13.7. The Labute approximate surface area is 172 Å². The highest BCUT2D eigenvalue weighted by atomic mass is 32.2. The van der Waals surface area contributed by atoms with E-state index in [1.54, 1.807) is 6.92 Å². The second-order valence-corrected chi connectivity index (χ2v) is 8.36.